The van der Waals surface area contributed by atoms with E-state index in [0.29, 0.717) is 18.2 Å². The molecule has 0 aromatic heterocycles. The molecule has 1 aliphatic rings. The fraction of sp³-hybridized carbons (Fsp3) is 1.00. The molecule has 0 radical (unpaired) electrons. The lowest BCUT2D eigenvalue weighted by atomic mass is 9.88. The van der Waals surface area contributed by atoms with Crippen molar-refractivity contribution in [1.82, 2.24) is 5.32 Å². The van der Waals surface area contributed by atoms with Gasteiger partial charge in [-0.05, 0) is 52.0 Å². The van der Waals surface area contributed by atoms with Crippen LogP contribution in [-0.4, -0.2) is 24.8 Å². The maximum Gasteiger partial charge on any atom is 0.0581 e. The predicted molar refractivity (Wildman–Crippen MR) is 74.3 cm³/mol. The van der Waals surface area contributed by atoms with Gasteiger partial charge in [-0.2, -0.15) is 0 Å². The van der Waals surface area contributed by atoms with Crippen LogP contribution in [-0.2, 0) is 4.74 Å². The van der Waals surface area contributed by atoms with Crippen molar-refractivity contribution in [2.45, 2.75) is 84.5 Å². The summed E-state index contributed by atoms with van der Waals surface area (Å²) in [5, 5.41) is 3.53. The van der Waals surface area contributed by atoms with Gasteiger partial charge < -0.3 is 10.1 Å². The average Bonchev–Trinajstić information content (AvgIpc) is 2.26. The highest BCUT2D eigenvalue weighted by Crippen LogP contribution is 2.27. The van der Waals surface area contributed by atoms with Crippen LogP contribution in [0.5, 0.6) is 0 Å². The molecule has 0 bridgehead atoms. The van der Waals surface area contributed by atoms with Gasteiger partial charge in [0.05, 0.1) is 12.2 Å². The number of nitrogens with one attached hydrogen (secondary N) is 1. The van der Waals surface area contributed by atoms with E-state index in [-0.39, 0.29) is 0 Å². The minimum atomic E-state index is 0.393. The van der Waals surface area contributed by atoms with Gasteiger partial charge in [0.25, 0.3) is 0 Å². The van der Waals surface area contributed by atoms with E-state index in [1.54, 1.807) is 0 Å². The first-order valence-corrected chi connectivity index (χ1v) is 7.50. The zero-order valence-corrected chi connectivity index (χ0v) is 12.2. The fourth-order valence-electron chi connectivity index (χ4n) is 2.86. The van der Waals surface area contributed by atoms with Crippen LogP contribution in [0.25, 0.3) is 0 Å². The highest BCUT2D eigenvalue weighted by atomic mass is 16.5. The molecule has 102 valence electrons. The quantitative estimate of drug-likeness (QED) is 0.733. The molecule has 0 aromatic rings. The molecule has 0 spiro atoms. The topological polar surface area (TPSA) is 21.3 Å². The Labute approximate surface area is 108 Å². The Morgan fingerprint density at radius 3 is 2.71 bits per heavy atom. The number of hydrogen-bond acceptors (Lipinski definition) is 2. The highest BCUT2D eigenvalue weighted by Gasteiger charge is 2.21. The first-order valence-electron chi connectivity index (χ1n) is 7.50. The predicted octanol–water partition coefficient (Wildman–Crippen LogP) is 3.75. The van der Waals surface area contributed by atoms with E-state index < -0.39 is 0 Å². The molecule has 2 nitrogen and oxygen atoms in total. The zero-order chi connectivity index (χ0) is 12.7. The smallest absolute Gasteiger partial charge is 0.0581 e. The Balaban J connectivity index is 2.16. The summed E-state index contributed by atoms with van der Waals surface area (Å²) in [4.78, 5) is 0. The van der Waals surface area contributed by atoms with Gasteiger partial charge in [-0.1, -0.05) is 26.7 Å². The molecule has 1 N–H and O–H groups in total. The summed E-state index contributed by atoms with van der Waals surface area (Å²) in [6, 6.07) is 0.575. The van der Waals surface area contributed by atoms with Crippen molar-refractivity contribution in [2.75, 3.05) is 6.54 Å². The molecule has 1 aliphatic carbocycles. The summed E-state index contributed by atoms with van der Waals surface area (Å²) in [5.74, 6) is 0.858. The molecule has 1 fully saturated rings. The molecule has 0 saturated heterocycles. The van der Waals surface area contributed by atoms with Crippen LogP contribution in [0.3, 0.4) is 0 Å². The normalized spacial score (nSPS) is 28.9. The van der Waals surface area contributed by atoms with Crippen molar-refractivity contribution in [2.24, 2.45) is 5.92 Å². The first kappa shape index (κ1) is 15.0. The molecular weight excluding hydrogens is 210 g/mol. The molecule has 4 unspecified atom stereocenters. The third-order valence-corrected chi connectivity index (χ3v) is 3.74. The summed E-state index contributed by atoms with van der Waals surface area (Å²) in [6.45, 7) is 10.2. The van der Waals surface area contributed by atoms with Crippen molar-refractivity contribution in [3.8, 4) is 0 Å². The molecule has 1 saturated carbocycles. The van der Waals surface area contributed by atoms with Crippen molar-refractivity contribution in [3.63, 3.8) is 0 Å². The summed E-state index contributed by atoms with van der Waals surface area (Å²) in [6.07, 6.45) is 8.53. The second kappa shape index (κ2) is 8.10. The van der Waals surface area contributed by atoms with Crippen LogP contribution in [0.1, 0.15) is 66.2 Å². The maximum atomic E-state index is 6.17. The summed E-state index contributed by atoms with van der Waals surface area (Å²) < 4.78 is 6.17. The Morgan fingerprint density at radius 1 is 1.29 bits per heavy atom. The molecule has 1 rings (SSSR count). The lowest BCUT2D eigenvalue weighted by Gasteiger charge is -2.30. The van der Waals surface area contributed by atoms with Gasteiger partial charge in [0, 0.05) is 6.04 Å². The van der Waals surface area contributed by atoms with Gasteiger partial charge in [0.1, 0.15) is 0 Å². The molecule has 4 atom stereocenters. The van der Waals surface area contributed by atoms with Gasteiger partial charge in [-0.25, -0.2) is 0 Å². The van der Waals surface area contributed by atoms with E-state index in [2.05, 4.69) is 33.0 Å². The van der Waals surface area contributed by atoms with Crippen LogP contribution in [0, 0.1) is 5.92 Å². The summed E-state index contributed by atoms with van der Waals surface area (Å²) in [7, 11) is 0. The van der Waals surface area contributed by atoms with E-state index in [1.807, 2.05) is 0 Å². The molecule has 17 heavy (non-hydrogen) atoms. The van der Waals surface area contributed by atoms with Crippen LogP contribution in [0.2, 0.25) is 0 Å². The van der Waals surface area contributed by atoms with E-state index in [9.17, 15) is 0 Å². The third-order valence-electron chi connectivity index (χ3n) is 3.74. The fourth-order valence-corrected chi connectivity index (χ4v) is 2.86. The third kappa shape index (κ3) is 6.42. The minimum Gasteiger partial charge on any atom is -0.375 e. The van der Waals surface area contributed by atoms with Crippen molar-refractivity contribution < 1.29 is 4.74 Å². The lowest BCUT2D eigenvalue weighted by molar-refractivity contribution is -0.0363. The summed E-state index contributed by atoms with van der Waals surface area (Å²) >= 11 is 0. The molecule has 0 amide bonds. The van der Waals surface area contributed by atoms with Crippen LogP contribution in [0.15, 0.2) is 0 Å². The Morgan fingerprint density at radius 2 is 2.06 bits per heavy atom. The van der Waals surface area contributed by atoms with E-state index in [4.69, 9.17) is 4.74 Å². The summed E-state index contributed by atoms with van der Waals surface area (Å²) in [5.41, 5.74) is 0. The van der Waals surface area contributed by atoms with Crippen LogP contribution in [0.4, 0.5) is 0 Å². The van der Waals surface area contributed by atoms with E-state index in [1.165, 1.54) is 32.1 Å². The maximum absolute atomic E-state index is 6.17. The highest BCUT2D eigenvalue weighted by molar-refractivity contribution is 4.73. The molecule has 0 heterocycles. The van der Waals surface area contributed by atoms with Crippen molar-refractivity contribution in [3.05, 3.63) is 0 Å². The molecular formula is C15H31NO. The standard InChI is InChI=1S/C15H31NO/c1-5-9-16-13(3)11-14(4)17-15-8-6-7-12(2)10-15/h12-16H,5-11H2,1-4H3. The lowest BCUT2D eigenvalue weighted by Crippen LogP contribution is -2.33. The Kier molecular flexibility index (Phi) is 7.14. The number of ether oxygens (including phenoxy) is 1. The van der Waals surface area contributed by atoms with Gasteiger partial charge >= 0.3 is 0 Å². The van der Waals surface area contributed by atoms with Gasteiger partial charge in [0.2, 0.25) is 0 Å². The largest absolute Gasteiger partial charge is 0.375 e. The van der Waals surface area contributed by atoms with Crippen molar-refractivity contribution in [1.29, 1.82) is 0 Å². The monoisotopic (exact) mass is 241 g/mol. The zero-order valence-electron chi connectivity index (χ0n) is 12.2. The molecule has 2 heteroatoms. The van der Waals surface area contributed by atoms with Crippen molar-refractivity contribution >= 4 is 0 Å². The second-order valence-corrected chi connectivity index (χ2v) is 5.93. The number of hydrogen-bond donors (Lipinski definition) is 1. The Hall–Kier alpha value is -0.0800. The molecule has 0 aliphatic heterocycles. The Bertz CT molecular complexity index is 195. The van der Waals surface area contributed by atoms with Crippen LogP contribution < -0.4 is 5.32 Å². The number of rotatable bonds is 7. The minimum absolute atomic E-state index is 0.393. The second-order valence-electron chi connectivity index (χ2n) is 5.93. The van der Waals surface area contributed by atoms with E-state index in [0.717, 1.165) is 18.9 Å². The van der Waals surface area contributed by atoms with Crippen LogP contribution >= 0.6 is 0 Å². The molecule has 0 aromatic carbocycles. The average molecular weight is 241 g/mol. The SMILES string of the molecule is CCCNC(C)CC(C)OC1CCCC(C)C1. The van der Waals surface area contributed by atoms with Gasteiger partial charge in [-0.15, -0.1) is 0 Å². The first-order chi connectivity index (χ1) is 8.11. The van der Waals surface area contributed by atoms with Gasteiger partial charge in [-0.3, -0.25) is 0 Å². The van der Waals surface area contributed by atoms with E-state index >= 15 is 0 Å². The van der Waals surface area contributed by atoms with Gasteiger partial charge in [0.15, 0.2) is 0 Å².